The first-order chi connectivity index (χ1) is 11.1. The van der Waals surface area contributed by atoms with E-state index in [1.807, 2.05) is 0 Å². The minimum atomic E-state index is -0.757. The van der Waals surface area contributed by atoms with E-state index >= 15 is 0 Å². The number of methoxy groups -OCH3 is 2. The van der Waals surface area contributed by atoms with Crippen LogP contribution >= 0.6 is 0 Å². The molecule has 3 N–H and O–H groups in total. The van der Waals surface area contributed by atoms with Crippen molar-refractivity contribution in [2.45, 2.75) is 0 Å². The van der Waals surface area contributed by atoms with Crippen molar-refractivity contribution in [3.8, 4) is 17.2 Å². The molecule has 0 radical (unpaired) electrons. The summed E-state index contributed by atoms with van der Waals surface area (Å²) in [6.07, 6.45) is 1.17. The number of aromatic nitrogens is 4. The molecule has 9 nitrogen and oxygen atoms in total. The molecule has 3 rings (SSSR count). The van der Waals surface area contributed by atoms with E-state index in [1.165, 1.54) is 25.1 Å². The van der Waals surface area contributed by atoms with E-state index in [1.54, 1.807) is 18.2 Å². The number of hydrogen-bond donors (Lipinski definition) is 2. The number of rotatable bonds is 4. The van der Waals surface area contributed by atoms with Crippen LogP contribution in [-0.2, 0) is 0 Å². The van der Waals surface area contributed by atoms with Gasteiger partial charge < -0.3 is 20.2 Å². The highest BCUT2D eigenvalue weighted by atomic mass is 16.5. The predicted octanol–water partition coefficient (Wildman–Crippen LogP) is 0.225. The molecule has 0 bridgehead atoms. The van der Waals surface area contributed by atoms with Crippen LogP contribution in [0.2, 0.25) is 0 Å². The summed E-state index contributed by atoms with van der Waals surface area (Å²) in [6.45, 7) is 0. The molecule has 0 aliphatic heterocycles. The van der Waals surface area contributed by atoms with Crippen molar-refractivity contribution >= 4 is 17.1 Å². The van der Waals surface area contributed by atoms with Gasteiger partial charge in [-0.05, 0) is 12.1 Å². The Bertz CT molecular complexity index is 959. The summed E-state index contributed by atoms with van der Waals surface area (Å²) in [7, 11) is 3.00. The maximum atomic E-state index is 12.3. The molecule has 2 aromatic heterocycles. The number of aromatic amines is 1. The van der Waals surface area contributed by atoms with Gasteiger partial charge in [0.1, 0.15) is 23.3 Å². The van der Waals surface area contributed by atoms with Crippen molar-refractivity contribution in [1.82, 2.24) is 19.5 Å². The van der Waals surface area contributed by atoms with Crippen molar-refractivity contribution in [2.24, 2.45) is 5.73 Å². The van der Waals surface area contributed by atoms with Crippen LogP contribution in [0.25, 0.3) is 16.9 Å². The molecule has 1 amide bonds. The topological polar surface area (TPSA) is 125 Å². The normalized spacial score (nSPS) is 10.7. The molecular weight excluding hydrogens is 302 g/mol. The lowest BCUT2D eigenvalue weighted by Crippen LogP contribution is -2.15. The van der Waals surface area contributed by atoms with Crippen LogP contribution in [0, 0.1) is 0 Å². The van der Waals surface area contributed by atoms with Crippen molar-refractivity contribution in [3.63, 3.8) is 0 Å². The van der Waals surface area contributed by atoms with Crippen LogP contribution in [0.15, 0.2) is 29.3 Å². The molecular formula is C14H13N5O4. The van der Waals surface area contributed by atoms with Gasteiger partial charge >= 0.3 is 5.69 Å². The fourth-order valence-corrected chi connectivity index (χ4v) is 2.30. The zero-order valence-electron chi connectivity index (χ0n) is 12.4. The summed E-state index contributed by atoms with van der Waals surface area (Å²) in [6, 6.07) is 4.97. The average molecular weight is 315 g/mol. The molecule has 0 spiro atoms. The third kappa shape index (κ3) is 2.27. The first-order valence-corrected chi connectivity index (χ1v) is 6.54. The Morgan fingerprint density at radius 1 is 1.26 bits per heavy atom. The summed E-state index contributed by atoms with van der Waals surface area (Å²) in [5.41, 5.74) is 5.56. The number of nitrogens with two attached hydrogens (primary N) is 1. The molecule has 2 heterocycles. The largest absolute Gasteiger partial charge is 0.497 e. The highest BCUT2D eigenvalue weighted by Crippen LogP contribution is 2.28. The van der Waals surface area contributed by atoms with Crippen molar-refractivity contribution in [3.05, 3.63) is 40.7 Å². The maximum absolute atomic E-state index is 12.3. The zero-order chi connectivity index (χ0) is 16.6. The van der Waals surface area contributed by atoms with Gasteiger partial charge in [-0.3, -0.25) is 4.79 Å². The van der Waals surface area contributed by atoms with E-state index in [4.69, 9.17) is 15.2 Å². The first kappa shape index (κ1) is 14.6. The van der Waals surface area contributed by atoms with Gasteiger partial charge in [0.15, 0.2) is 11.3 Å². The number of primary amides is 1. The van der Waals surface area contributed by atoms with E-state index in [-0.39, 0.29) is 16.9 Å². The Balaban J connectivity index is 2.33. The maximum Gasteiger partial charge on any atom is 0.332 e. The van der Waals surface area contributed by atoms with Crippen LogP contribution < -0.4 is 20.9 Å². The summed E-state index contributed by atoms with van der Waals surface area (Å²) in [5.74, 6) is 0.227. The summed E-state index contributed by atoms with van der Waals surface area (Å²) in [5, 5.41) is 0. The fourth-order valence-electron chi connectivity index (χ4n) is 2.30. The lowest BCUT2D eigenvalue weighted by molar-refractivity contribution is 0.0997. The summed E-state index contributed by atoms with van der Waals surface area (Å²) >= 11 is 0. The van der Waals surface area contributed by atoms with Gasteiger partial charge in [0.05, 0.1) is 19.9 Å². The smallest absolute Gasteiger partial charge is 0.332 e. The number of amides is 1. The highest BCUT2D eigenvalue weighted by molar-refractivity contribution is 6.01. The number of carbonyl (C=O) groups is 1. The second-order valence-electron chi connectivity index (χ2n) is 4.59. The van der Waals surface area contributed by atoms with Gasteiger partial charge in [-0.25, -0.2) is 19.3 Å². The molecule has 9 heteroatoms. The van der Waals surface area contributed by atoms with E-state index in [0.717, 1.165) is 0 Å². The molecule has 0 aliphatic carbocycles. The lowest BCUT2D eigenvalue weighted by atomic mass is 10.2. The van der Waals surface area contributed by atoms with Gasteiger partial charge in [0, 0.05) is 6.07 Å². The molecule has 1 aromatic carbocycles. The molecule has 0 atom stereocenters. The minimum absolute atomic E-state index is 0.0571. The number of hydrogen-bond acceptors (Lipinski definition) is 6. The van der Waals surface area contributed by atoms with E-state index in [9.17, 15) is 9.59 Å². The first-order valence-electron chi connectivity index (χ1n) is 6.54. The van der Waals surface area contributed by atoms with Gasteiger partial charge in [0.25, 0.3) is 5.91 Å². The predicted molar refractivity (Wildman–Crippen MR) is 81.1 cm³/mol. The number of H-pyrrole nitrogens is 1. The van der Waals surface area contributed by atoms with Crippen molar-refractivity contribution in [1.29, 1.82) is 0 Å². The molecule has 3 aromatic rings. The van der Waals surface area contributed by atoms with Gasteiger partial charge in [-0.2, -0.15) is 0 Å². The summed E-state index contributed by atoms with van der Waals surface area (Å²) < 4.78 is 11.7. The number of carbonyl (C=O) groups excluding carboxylic acids is 1. The van der Waals surface area contributed by atoms with E-state index in [2.05, 4.69) is 15.0 Å². The Morgan fingerprint density at radius 2 is 2.04 bits per heavy atom. The van der Waals surface area contributed by atoms with Gasteiger partial charge in [0.2, 0.25) is 0 Å². The monoisotopic (exact) mass is 315 g/mol. The number of nitrogens with zero attached hydrogens (tertiary/aromatic N) is 3. The third-order valence-electron chi connectivity index (χ3n) is 3.34. The summed E-state index contributed by atoms with van der Waals surface area (Å²) in [4.78, 5) is 34.2. The molecule has 0 saturated heterocycles. The number of ether oxygens (including phenoxy) is 2. The van der Waals surface area contributed by atoms with Crippen molar-refractivity contribution in [2.75, 3.05) is 14.2 Å². The third-order valence-corrected chi connectivity index (χ3v) is 3.34. The molecule has 0 aliphatic rings. The second kappa shape index (κ2) is 5.44. The van der Waals surface area contributed by atoms with Crippen LogP contribution in [-0.4, -0.2) is 39.6 Å². The SMILES string of the molecule is COc1ccc(-n2c(=O)[nH]c3c(C(N)=O)ncnc32)c(OC)c1. The number of imidazole rings is 1. The molecule has 118 valence electrons. The number of nitrogens with one attached hydrogen (secondary N) is 1. The Labute approximate surface area is 129 Å². The lowest BCUT2D eigenvalue weighted by Gasteiger charge is -2.10. The van der Waals surface area contributed by atoms with Gasteiger partial charge in [-0.15, -0.1) is 0 Å². The molecule has 23 heavy (non-hydrogen) atoms. The number of fused-ring (bicyclic) bond motifs is 1. The molecule has 0 unspecified atom stereocenters. The van der Waals surface area contributed by atoms with Gasteiger partial charge in [-0.1, -0.05) is 0 Å². The van der Waals surface area contributed by atoms with Crippen LogP contribution in [0.1, 0.15) is 10.5 Å². The average Bonchev–Trinajstić information content (AvgIpc) is 2.89. The standard InChI is InChI=1S/C14H13N5O4/c1-22-7-3-4-8(9(5-7)23-2)19-13-11(18-14(19)21)10(12(15)20)16-6-17-13/h3-6H,1-2H3,(H2,15,20)(H,18,21). The Kier molecular flexibility index (Phi) is 3.45. The van der Waals surface area contributed by atoms with Crippen LogP contribution in [0.3, 0.4) is 0 Å². The van der Waals surface area contributed by atoms with E-state index in [0.29, 0.717) is 17.2 Å². The number of benzene rings is 1. The second-order valence-corrected chi connectivity index (χ2v) is 4.59. The van der Waals surface area contributed by atoms with Crippen LogP contribution in [0.4, 0.5) is 0 Å². The molecule has 0 fully saturated rings. The Hall–Kier alpha value is -3.36. The Morgan fingerprint density at radius 3 is 2.70 bits per heavy atom. The van der Waals surface area contributed by atoms with E-state index < -0.39 is 11.6 Å². The van der Waals surface area contributed by atoms with Crippen molar-refractivity contribution < 1.29 is 14.3 Å². The molecule has 0 saturated carbocycles. The minimum Gasteiger partial charge on any atom is -0.497 e. The highest BCUT2D eigenvalue weighted by Gasteiger charge is 2.19. The fraction of sp³-hybridized carbons (Fsp3) is 0.143. The van der Waals surface area contributed by atoms with Crippen LogP contribution in [0.5, 0.6) is 11.5 Å². The quantitative estimate of drug-likeness (QED) is 0.709. The zero-order valence-corrected chi connectivity index (χ0v) is 12.4.